The van der Waals surface area contributed by atoms with E-state index in [4.69, 9.17) is 4.74 Å². The summed E-state index contributed by atoms with van der Waals surface area (Å²) in [4.78, 5) is 32.2. The van der Waals surface area contributed by atoms with Crippen LogP contribution >= 0.6 is 0 Å². The van der Waals surface area contributed by atoms with Crippen molar-refractivity contribution in [2.75, 3.05) is 18.5 Å². The number of hydrogen-bond acceptors (Lipinski definition) is 5. The fourth-order valence-electron chi connectivity index (χ4n) is 3.69. The van der Waals surface area contributed by atoms with Gasteiger partial charge in [0.1, 0.15) is 5.69 Å². The number of nitrogens with zero attached hydrogens (tertiary/aromatic N) is 1. The van der Waals surface area contributed by atoms with Gasteiger partial charge in [-0.15, -0.1) is 0 Å². The molecule has 3 N–H and O–H groups in total. The van der Waals surface area contributed by atoms with Crippen LogP contribution in [0, 0.1) is 0 Å². The fraction of sp³-hybridized carbons (Fsp3) is 0.292. The molecule has 31 heavy (non-hydrogen) atoms. The molecule has 1 aliphatic heterocycles. The monoisotopic (exact) mass is 418 g/mol. The summed E-state index contributed by atoms with van der Waals surface area (Å²) in [5.74, 6) is -0.251. The van der Waals surface area contributed by atoms with Crippen LogP contribution < -0.4 is 16.2 Å². The lowest BCUT2D eigenvalue weighted by Crippen LogP contribution is -2.45. The van der Waals surface area contributed by atoms with E-state index in [0.717, 1.165) is 36.1 Å². The number of anilines is 1. The van der Waals surface area contributed by atoms with Crippen molar-refractivity contribution in [2.45, 2.75) is 31.4 Å². The quantitative estimate of drug-likeness (QED) is 0.523. The van der Waals surface area contributed by atoms with E-state index in [-0.39, 0.29) is 23.3 Å². The normalized spacial score (nSPS) is 16.7. The predicted molar refractivity (Wildman–Crippen MR) is 120 cm³/mol. The third kappa shape index (κ3) is 5.65. The number of carbonyl (C=O) groups is 1. The van der Waals surface area contributed by atoms with E-state index in [1.807, 2.05) is 42.5 Å². The SMILES string of the molecule is O=C(Nc1cc(-c2ccncc2)c[nH]c1=O)[C@H](Cc1ccccc1)NC[C@H]1CCCO1. The second-order valence-corrected chi connectivity index (χ2v) is 7.64. The topological polar surface area (TPSA) is 96.1 Å². The first-order chi connectivity index (χ1) is 15.2. The van der Waals surface area contributed by atoms with Crippen molar-refractivity contribution in [1.29, 1.82) is 0 Å². The van der Waals surface area contributed by atoms with Crippen molar-refractivity contribution in [3.05, 3.63) is 83.0 Å². The molecule has 0 spiro atoms. The summed E-state index contributed by atoms with van der Waals surface area (Å²) in [6.45, 7) is 1.36. The van der Waals surface area contributed by atoms with Gasteiger partial charge in [0.25, 0.3) is 5.56 Å². The van der Waals surface area contributed by atoms with Gasteiger partial charge in [0.2, 0.25) is 5.91 Å². The van der Waals surface area contributed by atoms with Gasteiger partial charge < -0.3 is 20.4 Å². The minimum Gasteiger partial charge on any atom is -0.377 e. The van der Waals surface area contributed by atoms with E-state index in [9.17, 15) is 9.59 Å². The smallest absolute Gasteiger partial charge is 0.271 e. The summed E-state index contributed by atoms with van der Waals surface area (Å²) in [6.07, 6.45) is 7.66. The van der Waals surface area contributed by atoms with Crippen molar-refractivity contribution in [2.24, 2.45) is 0 Å². The lowest BCUT2D eigenvalue weighted by atomic mass is 10.0. The summed E-state index contributed by atoms with van der Waals surface area (Å²) < 4.78 is 5.68. The number of carbonyl (C=O) groups excluding carboxylic acids is 1. The minimum atomic E-state index is -0.490. The zero-order valence-corrected chi connectivity index (χ0v) is 17.2. The lowest BCUT2D eigenvalue weighted by molar-refractivity contribution is -0.118. The molecule has 0 saturated carbocycles. The summed E-state index contributed by atoms with van der Waals surface area (Å²) in [6, 6.07) is 14.7. The number of rotatable bonds is 8. The highest BCUT2D eigenvalue weighted by molar-refractivity contribution is 5.95. The maximum atomic E-state index is 13.1. The van der Waals surface area contributed by atoms with Crippen molar-refractivity contribution in [3.8, 4) is 11.1 Å². The molecule has 1 aromatic carbocycles. The summed E-state index contributed by atoms with van der Waals surface area (Å²) in [5, 5.41) is 6.15. The highest BCUT2D eigenvalue weighted by atomic mass is 16.5. The first-order valence-electron chi connectivity index (χ1n) is 10.5. The highest BCUT2D eigenvalue weighted by Gasteiger charge is 2.23. The maximum absolute atomic E-state index is 13.1. The van der Waals surface area contributed by atoms with Gasteiger partial charge in [-0.2, -0.15) is 0 Å². The average Bonchev–Trinajstić information content (AvgIpc) is 3.33. The van der Waals surface area contributed by atoms with Crippen molar-refractivity contribution in [3.63, 3.8) is 0 Å². The minimum absolute atomic E-state index is 0.115. The van der Waals surface area contributed by atoms with Crippen LogP contribution in [0.3, 0.4) is 0 Å². The first kappa shape index (κ1) is 21.0. The highest BCUT2D eigenvalue weighted by Crippen LogP contribution is 2.19. The summed E-state index contributed by atoms with van der Waals surface area (Å²) in [5.41, 5.74) is 2.62. The molecule has 160 valence electrons. The van der Waals surface area contributed by atoms with Gasteiger partial charge in [-0.1, -0.05) is 30.3 Å². The molecule has 7 nitrogen and oxygen atoms in total. The molecule has 0 aliphatic carbocycles. The van der Waals surface area contributed by atoms with E-state index < -0.39 is 6.04 Å². The maximum Gasteiger partial charge on any atom is 0.271 e. The predicted octanol–water partition coefficient (Wildman–Crippen LogP) is 2.76. The Morgan fingerprint density at radius 1 is 1.16 bits per heavy atom. The van der Waals surface area contributed by atoms with Gasteiger partial charge in [-0.05, 0) is 48.6 Å². The third-order valence-corrected chi connectivity index (χ3v) is 5.39. The number of ether oxygens (including phenoxy) is 1. The Kier molecular flexibility index (Phi) is 6.86. The zero-order chi connectivity index (χ0) is 21.5. The third-order valence-electron chi connectivity index (χ3n) is 5.39. The molecule has 0 radical (unpaired) electrons. The molecule has 4 rings (SSSR count). The Balaban J connectivity index is 1.51. The van der Waals surface area contributed by atoms with Gasteiger partial charge in [-0.25, -0.2) is 0 Å². The van der Waals surface area contributed by atoms with E-state index in [1.165, 1.54) is 0 Å². The molecule has 7 heteroatoms. The molecule has 3 aromatic rings. The number of amides is 1. The molecule has 1 amide bonds. The summed E-state index contributed by atoms with van der Waals surface area (Å²) in [7, 11) is 0. The van der Waals surface area contributed by atoms with Crippen molar-refractivity contribution in [1.82, 2.24) is 15.3 Å². The number of hydrogen-bond donors (Lipinski definition) is 3. The Morgan fingerprint density at radius 3 is 2.71 bits per heavy atom. The van der Waals surface area contributed by atoms with Crippen LogP contribution in [-0.2, 0) is 16.0 Å². The van der Waals surface area contributed by atoms with Crippen LogP contribution in [0.1, 0.15) is 18.4 Å². The largest absolute Gasteiger partial charge is 0.377 e. The molecule has 2 atom stereocenters. The van der Waals surface area contributed by atoms with Crippen LogP contribution in [0.25, 0.3) is 11.1 Å². The molecule has 1 aliphatic rings. The van der Waals surface area contributed by atoms with Crippen molar-refractivity contribution < 1.29 is 9.53 Å². The molecule has 1 fully saturated rings. The number of pyridine rings is 2. The van der Waals surface area contributed by atoms with Gasteiger partial charge in [0, 0.05) is 37.3 Å². The number of nitrogens with one attached hydrogen (secondary N) is 3. The second kappa shape index (κ2) is 10.1. The van der Waals surface area contributed by atoms with Gasteiger partial charge in [-0.3, -0.25) is 14.6 Å². The standard InChI is InChI=1S/C24H26N4O3/c29-23-22(14-19(15-27-23)18-8-10-25-11-9-18)28-24(30)21(13-17-5-2-1-3-6-17)26-16-20-7-4-12-31-20/h1-3,5-6,8-11,14-15,20-21,26H,4,7,12-13,16H2,(H,27,29)(H,28,30)/t20-,21+/m1/s1. The van der Waals surface area contributed by atoms with Gasteiger partial charge in [0.05, 0.1) is 12.1 Å². The van der Waals surface area contributed by atoms with Crippen molar-refractivity contribution >= 4 is 11.6 Å². The second-order valence-electron chi connectivity index (χ2n) is 7.64. The van der Waals surface area contributed by atoms with Gasteiger partial charge >= 0.3 is 0 Å². The number of aromatic amines is 1. The number of H-pyrrole nitrogens is 1. The molecule has 3 heterocycles. The average molecular weight is 418 g/mol. The zero-order valence-electron chi connectivity index (χ0n) is 17.2. The molecule has 2 aromatic heterocycles. The fourth-order valence-corrected chi connectivity index (χ4v) is 3.69. The summed E-state index contributed by atoms with van der Waals surface area (Å²) >= 11 is 0. The lowest BCUT2D eigenvalue weighted by Gasteiger charge is -2.20. The van der Waals surface area contributed by atoms with E-state index in [2.05, 4.69) is 20.6 Å². The van der Waals surface area contributed by atoms with Crippen LogP contribution in [0.15, 0.2) is 71.9 Å². The molecular weight excluding hydrogens is 392 g/mol. The van der Waals surface area contributed by atoms with E-state index in [0.29, 0.717) is 13.0 Å². The Morgan fingerprint density at radius 2 is 1.97 bits per heavy atom. The van der Waals surface area contributed by atoms with Crippen LogP contribution in [0.2, 0.25) is 0 Å². The van der Waals surface area contributed by atoms with Gasteiger partial charge in [0.15, 0.2) is 0 Å². The molecule has 0 bridgehead atoms. The Bertz CT molecular complexity index is 1050. The Hall–Kier alpha value is -3.29. The van der Waals surface area contributed by atoms with Crippen LogP contribution in [-0.4, -0.2) is 41.2 Å². The molecule has 0 unspecified atom stereocenters. The van der Waals surface area contributed by atoms with Crippen LogP contribution in [0.5, 0.6) is 0 Å². The van der Waals surface area contributed by atoms with Crippen LogP contribution in [0.4, 0.5) is 5.69 Å². The van der Waals surface area contributed by atoms with E-state index >= 15 is 0 Å². The van der Waals surface area contributed by atoms with E-state index in [1.54, 1.807) is 24.7 Å². The first-order valence-corrected chi connectivity index (χ1v) is 10.5. The number of aromatic nitrogens is 2. The molecular formula is C24H26N4O3. The Labute approximate surface area is 180 Å². The molecule has 1 saturated heterocycles. The number of benzene rings is 1.